The van der Waals surface area contributed by atoms with E-state index in [1.807, 2.05) is 19.1 Å². The molecule has 19 heavy (non-hydrogen) atoms. The van der Waals surface area contributed by atoms with Gasteiger partial charge >= 0.3 is 0 Å². The van der Waals surface area contributed by atoms with Crippen molar-refractivity contribution in [2.75, 3.05) is 6.61 Å². The summed E-state index contributed by atoms with van der Waals surface area (Å²) < 4.78 is 5.45. The molecule has 1 aromatic rings. The van der Waals surface area contributed by atoms with E-state index in [2.05, 4.69) is 19.1 Å². The van der Waals surface area contributed by atoms with Gasteiger partial charge in [-0.25, -0.2) is 0 Å². The van der Waals surface area contributed by atoms with Crippen LogP contribution in [0.15, 0.2) is 24.3 Å². The molecule has 0 amide bonds. The van der Waals surface area contributed by atoms with Crippen molar-refractivity contribution in [3.8, 4) is 5.75 Å². The Labute approximate surface area is 116 Å². The summed E-state index contributed by atoms with van der Waals surface area (Å²) in [4.78, 5) is 12.1. The molecule has 1 aromatic carbocycles. The quantitative estimate of drug-likeness (QED) is 0.787. The lowest BCUT2D eigenvalue weighted by atomic mass is 9.76. The number of Topliss-reactive ketones (excluding diaryl/α,β-unsaturated/α-hetero) is 1. The molecule has 0 aliphatic heterocycles. The van der Waals surface area contributed by atoms with Gasteiger partial charge in [0.2, 0.25) is 0 Å². The molecule has 0 radical (unpaired) electrons. The van der Waals surface area contributed by atoms with E-state index in [0.29, 0.717) is 24.2 Å². The highest BCUT2D eigenvalue weighted by Gasteiger charge is 2.28. The fourth-order valence-electron chi connectivity index (χ4n) is 3.02. The predicted molar refractivity (Wildman–Crippen MR) is 77.6 cm³/mol. The van der Waals surface area contributed by atoms with E-state index in [-0.39, 0.29) is 0 Å². The lowest BCUT2D eigenvalue weighted by Gasteiger charge is -2.27. The van der Waals surface area contributed by atoms with Gasteiger partial charge in [-0.15, -0.1) is 0 Å². The van der Waals surface area contributed by atoms with Crippen LogP contribution in [0.1, 0.15) is 57.4 Å². The molecule has 0 unspecified atom stereocenters. The molecule has 1 saturated carbocycles. The third-order valence-corrected chi connectivity index (χ3v) is 4.07. The molecular formula is C17H24O2. The van der Waals surface area contributed by atoms with Crippen molar-refractivity contribution in [2.24, 2.45) is 5.92 Å². The average Bonchev–Trinajstić information content (AvgIpc) is 2.43. The molecule has 104 valence electrons. The van der Waals surface area contributed by atoms with Crippen LogP contribution in [0.3, 0.4) is 0 Å². The summed E-state index contributed by atoms with van der Waals surface area (Å²) in [5, 5.41) is 0. The normalized spacial score (nSPS) is 23.4. The van der Waals surface area contributed by atoms with Crippen LogP contribution in [0.4, 0.5) is 0 Å². The van der Waals surface area contributed by atoms with E-state index in [4.69, 9.17) is 4.74 Å². The highest BCUT2D eigenvalue weighted by atomic mass is 16.5. The molecule has 0 bridgehead atoms. The van der Waals surface area contributed by atoms with E-state index in [0.717, 1.165) is 37.9 Å². The van der Waals surface area contributed by atoms with Crippen molar-refractivity contribution in [2.45, 2.75) is 51.9 Å². The Morgan fingerprint density at radius 2 is 1.89 bits per heavy atom. The van der Waals surface area contributed by atoms with Crippen molar-refractivity contribution in [1.82, 2.24) is 0 Å². The third-order valence-electron chi connectivity index (χ3n) is 4.07. The molecule has 1 fully saturated rings. The molecule has 2 heteroatoms. The van der Waals surface area contributed by atoms with Crippen LogP contribution in [0.5, 0.6) is 5.75 Å². The van der Waals surface area contributed by atoms with Gasteiger partial charge in [0.1, 0.15) is 11.5 Å². The van der Waals surface area contributed by atoms with Crippen molar-refractivity contribution in [3.63, 3.8) is 0 Å². The largest absolute Gasteiger partial charge is 0.494 e. The van der Waals surface area contributed by atoms with Gasteiger partial charge in [0.15, 0.2) is 0 Å². The molecule has 0 saturated heterocycles. The highest BCUT2D eigenvalue weighted by Crippen LogP contribution is 2.35. The summed E-state index contributed by atoms with van der Waals surface area (Å²) in [6, 6.07) is 8.26. The van der Waals surface area contributed by atoms with Crippen molar-refractivity contribution in [1.29, 1.82) is 0 Å². The summed E-state index contributed by atoms with van der Waals surface area (Å²) in [7, 11) is 0. The SMILES string of the molecule is CCC[C@@H]1CC[C@@H](c2ccc(OCC)cc2)CC1=O. The van der Waals surface area contributed by atoms with Crippen LogP contribution in [-0.4, -0.2) is 12.4 Å². The number of ether oxygens (including phenoxy) is 1. The Bertz CT molecular complexity index is 408. The van der Waals surface area contributed by atoms with E-state index < -0.39 is 0 Å². The number of hydrogen-bond donors (Lipinski definition) is 0. The summed E-state index contributed by atoms with van der Waals surface area (Å²) >= 11 is 0. The summed E-state index contributed by atoms with van der Waals surface area (Å²) in [5.41, 5.74) is 1.28. The first kappa shape index (κ1) is 14.1. The van der Waals surface area contributed by atoms with Crippen molar-refractivity contribution >= 4 is 5.78 Å². The Kier molecular flexibility index (Phi) is 5.00. The molecule has 0 N–H and O–H groups in total. The van der Waals surface area contributed by atoms with Crippen LogP contribution in [0, 0.1) is 5.92 Å². The van der Waals surface area contributed by atoms with Gasteiger partial charge in [-0.2, -0.15) is 0 Å². The maximum Gasteiger partial charge on any atom is 0.136 e. The summed E-state index contributed by atoms with van der Waals surface area (Å²) in [6.07, 6.45) is 5.10. The number of hydrogen-bond acceptors (Lipinski definition) is 2. The highest BCUT2D eigenvalue weighted by molar-refractivity contribution is 5.82. The van der Waals surface area contributed by atoms with Crippen molar-refractivity contribution < 1.29 is 9.53 Å². The maximum atomic E-state index is 12.1. The summed E-state index contributed by atoms with van der Waals surface area (Å²) in [6.45, 7) is 4.84. The minimum atomic E-state index is 0.323. The smallest absolute Gasteiger partial charge is 0.136 e. The maximum absolute atomic E-state index is 12.1. The zero-order valence-electron chi connectivity index (χ0n) is 12.0. The number of benzene rings is 1. The lowest BCUT2D eigenvalue weighted by molar-refractivity contribution is -0.125. The molecule has 1 aliphatic rings. The number of ketones is 1. The fourth-order valence-corrected chi connectivity index (χ4v) is 3.02. The second kappa shape index (κ2) is 6.74. The molecule has 0 heterocycles. The van der Waals surface area contributed by atoms with Crippen LogP contribution < -0.4 is 4.74 Å². The van der Waals surface area contributed by atoms with E-state index in [9.17, 15) is 4.79 Å². The summed E-state index contributed by atoms with van der Waals surface area (Å²) in [5.74, 6) is 2.12. The molecule has 2 rings (SSSR count). The fraction of sp³-hybridized carbons (Fsp3) is 0.588. The van der Waals surface area contributed by atoms with Gasteiger partial charge in [0.05, 0.1) is 6.61 Å². The number of carbonyl (C=O) groups excluding carboxylic acids is 1. The first-order chi connectivity index (χ1) is 9.24. The number of carbonyl (C=O) groups is 1. The first-order valence-electron chi connectivity index (χ1n) is 7.50. The van der Waals surface area contributed by atoms with Gasteiger partial charge in [0.25, 0.3) is 0 Å². The van der Waals surface area contributed by atoms with E-state index in [1.54, 1.807) is 0 Å². The molecule has 1 aliphatic carbocycles. The van der Waals surface area contributed by atoms with Gasteiger partial charge in [0, 0.05) is 12.3 Å². The van der Waals surface area contributed by atoms with Gasteiger partial charge in [-0.05, 0) is 49.8 Å². The zero-order chi connectivity index (χ0) is 13.7. The van der Waals surface area contributed by atoms with E-state index >= 15 is 0 Å². The van der Waals surface area contributed by atoms with Crippen molar-refractivity contribution in [3.05, 3.63) is 29.8 Å². The monoisotopic (exact) mass is 260 g/mol. The predicted octanol–water partition coefficient (Wildman–Crippen LogP) is 4.34. The van der Waals surface area contributed by atoms with Gasteiger partial charge in [-0.3, -0.25) is 4.79 Å². The van der Waals surface area contributed by atoms with Crippen LogP contribution in [-0.2, 0) is 4.79 Å². The lowest BCUT2D eigenvalue weighted by Crippen LogP contribution is -2.23. The minimum absolute atomic E-state index is 0.323. The molecule has 2 atom stereocenters. The molecule has 2 nitrogen and oxygen atoms in total. The number of rotatable bonds is 5. The zero-order valence-corrected chi connectivity index (χ0v) is 12.0. The molecular weight excluding hydrogens is 236 g/mol. The van der Waals surface area contributed by atoms with Gasteiger partial charge in [-0.1, -0.05) is 25.5 Å². The van der Waals surface area contributed by atoms with E-state index in [1.165, 1.54) is 5.56 Å². The first-order valence-corrected chi connectivity index (χ1v) is 7.50. The molecule has 0 spiro atoms. The topological polar surface area (TPSA) is 26.3 Å². The molecule has 0 aromatic heterocycles. The van der Waals surface area contributed by atoms with Crippen LogP contribution >= 0.6 is 0 Å². The minimum Gasteiger partial charge on any atom is -0.494 e. The average molecular weight is 260 g/mol. The van der Waals surface area contributed by atoms with Gasteiger partial charge < -0.3 is 4.74 Å². The Morgan fingerprint density at radius 1 is 1.16 bits per heavy atom. The Morgan fingerprint density at radius 3 is 2.47 bits per heavy atom. The third kappa shape index (κ3) is 3.59. The Hall–Kier alpha value is -1.31. The Balaban J connectivity index is 1.98. The van der Waals surface area contributed by atoms with Crippen LogP contribution in [0.2, 0.25) is 0 Å². The second-order valence-electron chi connectivity index (χ2n) is 5.43. The standard InChI is InChI=1S/C17H24O2/c1-3-5-14-6-7-15(12-17(14)18)13-8-10-16(11-9-13)19-4-2/h8-11,14-15H,3-7,12H2,1-2H3/t14-,15-/m1/s1. The van der Waals surface area contributed by atoms with Crippen LogP contribution in [0.25, 0.3) is 0 Å². The second-order valence-corrected chi connectivity index (χ2v) is 5.43.